The average Bonchev–Trinajstić information content (AvgIpc) is 2.41. The molecule has 102 valence electrons. The van der Waals surface area contributed by atoms with Crippen molar-refractivity contribution in [3.8, 4) is 6.07 Å². The van der Waals surface area contributed by atoms with Crippen LogP contribution in [0.5, 0.6) is 0 Å². The summed E-state index contributed by atoms with van der Waals surface area (Å²) in [7, 11) is 0. The minimum Gasteiger partial charge on any atom is -0.310 e. The lowest BCUT2D eigenvalue weighted by atomic mass is 9.79. The van der Waals surface area contributed by atoms with Gasteiger partial charge >= 0.3 is 0 Å². The molecule has 1 saturated carbocycles. The molecule has 0 heterocycles. The van der Waals surface area contributed by atoms with Crippen LogP contribution in [0.2, 0.25) is 0 Å². The summed E-state index contributed by atoms with van der Waals surface area (Å²) in [5.74, 6) is 1.13. The molecule has 3 unspecified atom stereocenters. The first-order chi connectivity index (χ1) is 9.10. The Morgan fingerprint density at radius 2 is 2.11 bits per heavy atom. The highest BCUT2D eigenvalue weighted by molar-refractivity contribution is 5.34. The first-order valence-corrected chi connectivity index (χ1v) is 7.02. The van der Waals surface area contributed by atoms with E-state index in [1.54, 1.807) is 12.1 Å². The van der Waals surface area contributed by atoms with Gasteiger partial charge in [-0.25, -0.2) is 4.39 Å². The fraction of sp³-hybridized carbons (Fsp3) is 0.562. The van der Waals surface area contributed by atoms with Crippen LogP contribution in [0.25, 0.3) is 0 Å². The monoisotopic (exact) mass is 260 g/mol. The lowest BCUT2D eigenvalue weighted by Gasteiger charge is -2.32. The van der Waals surface area contributed by atoms with E-state index >= 15 is 0 Å². The lowest BCUT2D eigenvalue weighted by Crippen LogP contribution is -2.35. The van der Waals surface area contributed by atoms with E-state index in [9.17, 15) is 4.39 Å². The molecule has 0 bridgehead atoms. The summed E-state index contributed by atoms with van der Waals surface area (Å²) in [5.41, 5.74) is 1.11. The molecule has 2 nitrogen and oxygen atoms in total. The number of rotatable bonds is 3. The number of halogens is 1. The zero-order chi connectivity index (χ0) is 13.8. The molecule has 1 aliphatic carbocycles. The first-order valence-electron chi connectivity index (χ1n) is 7.02. The number of nitriles is 1. The van der Waals surface area contributed by atoms with Gasteiger partial charge in [-0.15, -0.1) is 0 Å². The van der Waals surface area contributed by atoms with Crippen LogP contribution in [0, 0.1) is 29.0 Å². The molecule has 0 aromatic heterocycles. The van der Waals surface area contributed by atoms with E-state index in [4.69, 9.17) is 5.26 Å². The minimum absolute atomic E-state index is 0.130. The van der Waals surface area contributed by atoms with E-state index < -0.39 is 5.82 Å². The van der Waals surface area contributed by atoms with Gasteiger partial charge in [-0.3, -0.25) is 0 Å². The highest BCUT2D eigenvalue weighted by Gasteiger charge is 2.23. The van der Waals surface area contributed by atoms with Gasteiger partial charge in [-0.1, -0.05) is 19.9 Å². The molecule has 3 heteroatoms. The van der Waals surface area contributed by atoms with Crippen molar-refractivity contribution in [2.24, 2.45) is 11.8 Å². The van der Waals surface area contributed by atoms with E-state index in [-0.39, 0.29) is 5.56 Å². The number of nitrogens with one attached hydrogen (secondary N) is 1. The zero-order valence-corrected chi connectivity index (χ0v) is 11.6. The Hall–Kier alpha value is -1.40. The van der Waals surface area contributed by atoms with Crippen LogP contribution in [0.3, 0.4) is 0 Å². The van der Waals surface area contributed by atoms with Crippen molar-refractivity contribution in [1.82, 2.24) is 5.32 Å². The summed E-state index contributed by atoms with van der Waals surface area (Å²) in [4.78, 5) is 0. The Morgan fingerprint density at radius 1 is 1.32 bits per heavy atom. The van der Waals surface area contributed by atoms with Gasteiger partial charge in [-0.2, -0.15) is 5.26 Å². The molecule has 2 rings (SSSR count). The second-order valence-electron chi connectivity index (χ2n) is 5.77. The van der Waals surface area contributed by atoms with Gasteiger partial charge in [0.2, 0.25) is 0 Å². The van der Waals surface area contributed by atoms with Gasteiger partial charge in [0.1, 0.15) is 11.9 Å². The van der Waals surface area contributed by atoms with Crippen molar-refractivity contribution in [2.45, 2.75) is 45.7 Å². The topological polar surface area (TPSA) is 35.8 Å². The van der Waals surface area contributed by atoms with Gasteiger partial charge in [0.25, 0.3) is 0 Å². The average molecular weight is 260 g/mol. The maximum atomic E-state index is 13.2. The van der Waals surface area contributed by atoms with E-state index in [2.05, 4.69) is 19.2 Å². The predicted molar refractivity (Wildman–Crippen MR) is 73.9 cm³/mol. The van der Waals surface area contributed by atoms with Gasteiger partial charge in [-0.05, 0) is 48.8 Å². The first kappa shape index (κ1) is 14.0. The van der Waals surface area contributed by atoms with Crippen LogP contribution in [-0.4, -0.2) is 6.04 Å². The third-order valence-electron chi connectivity index (χ3n) is 4.34. The van der Waals surface area contributed by atoms with Crippen LogP contribution >= 0.6 is 0 Å². The van der Waals surface area contributed by atoms with Gasteiger partial charge in [0.15, 0.2) is 0 Å². The third-order valence-corrected chi connectivity index (χ3v) is 4.34. The Bertz CT molecular complexity index is 478. The van der Waals surface area contributed by atoms with Crippen molar-refractivity contribution in [3.63, 3.8) is 0 Å². The second-order valence-corrected chi connectivity index (χ2v) is 5.77. The SMILES string of the molecule is CC1CCC(NCc2ccc(F)c(C#N)c2)CC1C. The number of hydrogen-bond donors (Lipinski definition) is 1. The molecule has 0 spiro atoms. The van der Waals surface area contributed by atoms with Crippen molar-refractivity contribution in [3.05, 3.63) is 35.1 Å². The Morgan fingerprint density at radius 3 is 2.79 bits per heavy atom. The second kappa shape index (κ2) is 6.16. The van der Waals surface area contributed by atoms with Crippen molar-refractivity contribution in [1.29, 1.82) is 5.26 Å². The fourth-order valence-electron chi connectivity index (χ4n) is 2.76. The van der Waals surface area contributed by atoms with Gasteiger partial charge in [0.05, 0.1) is 5.56 Å². The molecule has 19 heavy (non-hydrogen) atoms. The van der Waals surface area contributed by atoms with E-state index in [0.29, 0.717) is 12.6 Å². The van der Waals surface area contributed by atoms with Crippen LogP contribution in [-0.2, 0) is 6.54 Å². The number of nitrogens with zero attached hydrogens (tertiary/aromatic N) is 1. The molecular weight excluding hydrogens is 239 g/mol. The normalized spacial score (nSPS) is 26.9. The van der Waals surface area contributed by atoms with Gasteiger partial charge in [0, 0.05) is 12.6 Å². The van der Waals surface area contributed by atoms with Crippen molar-refractivity contribution >= 4 is 0 Å². The van der Waals surface area contributed by atoms with E-state index in [0.717, 1.165) is 17.4 Å². The summed E-state index contributed by atoms with van der Waals surface area (Å²) >= 11 is 0. The fourth-order valence-corrected chi connectivity index (χ4v) is 2.76. The summed E-state index contributed by atoms with van der Waals surface area (Å²) < 4.78 is 13.2. The van der Waals surface area contributed by atoms with E-state index in [1.807, 2.05) is 6.07 Å². The minimum atomic E-state index is -0.439. The van der Waals surface area contributed by atoms with Crippen LogP contribution in [0.1, 0.15) is 44.2 Å². The molecule has 1 aliphatic rings. The Kier molecular flexibility index (Phi) is 4.55. The predicted octanol–water partition coefficient (Wildman–Crippen LogP) is 3.61. The largest absolute Gasteiger partial charge is 0.310 e. The quantitative estimate of drug-likeness (QED) is 0.901. The molecule has 0 radical (unpaired) electrons. The third kappa shape index (κ3) is 3.54. The van der Waals surface area contributed by atoms with Crippen LogP contribution < -0.4 is 5.32 Å². The summed E-state index contributed by atoms with van der Waals surface area (Å²) in [6.45, 7) is 5.34. The maximum Gasteiger partial charge on any atom is 0.140 e. The molecule has 0 aliphatic heterocycles. The molecule has 1 aromatic carbocycles. The van der Waals surface area contributed by atoms with Gasteiger partial charge < -0.3 is 5.32 Å². The number of hydrogen-bond acceptors (Lipinski definition) is 2. The standard InChI is InChI=1S/C16H21FN2/c1-11-3-5-15(7-12(11)2)19-10-13-4-6-16(17)14(8-13)9-18/h4,6,8,11-12,15,19H,3,5,7,10H2,1-2H3. The molecule has 0 amide bonds. The molecule has 1 aromatic rings. The summed E-state index contributed by atoms with van der Waals surface area (Å²) in [5, 5.41) is 12.3. The van der Waals surface area contributed by atoms with Crippen LogP contribution in [0.4, 0.5) is 4.39 Å². The highest BCUT2D eigenvalue weighted by Crippen LogP contribution is 2.29. The van der Waals surface area contributed by atoms with Crippen LogP contribution in [0.15, 0.2) is 18.2 Å². The molecule has 0 saturated heterocycles. The summed E-state index contributed by atoms with van der Waals surface area (Å²) in [6.07, 6.45) is 3.68. The summed E-state index contributed by atoms with van der Waals surface area (Å²) in [6, 6.07) is 7.19. The maximum absolute atomic E-state index is 13.2. The van der Waals surface area contributed by atoms with Crippen molar-refractivity contribution in [2.75, 3.05) is 0 Å². The Labute approximate surface area is 114 Å². The van der Waals surface area contributed by atoms with E-state index in [1.165, 1.54) is 25.3 Å². The Balaban J connectivity index is 1.91. The molecular formula is C16H21FN2. The molecule has 3 atom stereocenters. The highest BCUT2D eigenvalue weighted by atomic mass is 19.1. The lowest BCUT2D eigenvalue weighted by molar-refractivity contribution is 0.225. The molecule has 1 N–H and O–H groups in total. The zero-order valence-electron chi connectivity index (χ0n) is 11.6. The number of benzene rings is 1. The smallest absolute Gasteiger partial charge is 0.140 e. The van der Waals surface area contributed by atoms with Crippen molar-refractivity contribution < 1.29 is 4.39 Å². The molecule has 1 fully saturated rings.